The third-order valence-corrected chi connectivity index (χ3v) is 4.01. The van der Waals surface area contributed by atoms with Gasteiger partial charge >= 0.3 is 0 Å². The van der Waals surface area contributed by atoms with E-state index in [1.165, 1.54) is 6.42 Å². The van der Waals surface area contributed by atoms with Crippen molar-refractivity contribution in [3.05, 3.63) is 0 Å². The Hall–Kier alpha value is 0.310. The molecule has 1 aliphatic carbocycles. The van der Waals surface area contributed by atoms with Gasteiger partial charge in [-0.3, -0.25) is 0 Å². The van der Waals surface area contributed by atoms with E-state index in [9.17, 15) is 5.11 Å². The van der Waals surface area contributed by atoms with Gasteiger partial charge in [0.1, 0.15) is 0 Å². The minimum absolute atomic E-state index is 0.0542. The number of rotatable bonds is 1. The maximum atomic E-state index is 9.91. The molecule has 2 heteroatoms. The van der Waals surface area contributed by atoms with Crippen LogP contribution in [0.1, 0.15) is 40.0 Å². The van der Waals surface area contributed by atoms with E-state index in [0.717, 1.165) is 18.6 Å². The summed E-state index contributed by atoms with van der Waals surface area (Å²) in [6.45, 7) is 6.60. The maximum absolute atomic E-state index is 9.91. The van der Waals surface area contributed by atoms with E-state index in [1.807, 2.05) is 0 Å². The minimum Gasteiger partial charge on any atom is -0.393 e. The average molecular weight is 188 g/mol. The van der Waals surface area contributed by atoms with Crippen molar-refractivity contribution < 1.29 is 5.11 Å². The first-order valence-electron chi connectivity index (χ1n) is 4.69. The lowest BCUT2D eigenvalue weighted by molar-refractivity contribution is -0.0293. The molecule has 1 saturated carbocycles. The second kappa shape index (κ2) is 3.22. The fourth-order valence-electron chi connectivity index (χ4n) is 1.85. The first kappa shape index (κ1) is 10.4. The normalized spacial score (nSPS) is 41.2. The van der Waals surface area contributed by atoms with Crippen molar-refractivity contribution in [3.8, 4) is 0 Å². The van der Waals surface area contributed by atoms with Gasteiger partial charge in [-0.25, -0.2) is 0 Å². The van der Waals surface area contributed by atoms with E-state index >= 15 is 0 Å². The number of aliphatic hydroxyl groups excluding tert-OH is 1. The highest BCUT2D eigenvalue weighted by atomic mass is 32.1. The highest BCUT2D eigenvalue weighted by Gasteiger charge is 2.40. The summed E-state index contributed by atoms with van der Waals surface area (Å²) in [5, 5.41) is 9.91. The average Bonchev–Trinajstić information content (AvgIpc) is 1.97. The number of hydrogen-bond donors (Lipinski definition) is 2. The van der Waals surface area contributed by atoms with Crippen molar-refractivity contribution >= 4 is 12.6 Å². The molecule has 0 heterocycles. The first-order valence-corrected chi connectivity index (χ1v) is 5.32. The lowest BCUT2D eigenvalue weighted by Gasteiger charge is -2.44. The molecule has 2 atom stereocenters. The van der Waals surface area contributed by atoms with Crippen molar-refractivity contribution in [2.75, 3.05) is 5.75 Å². The van der Waals surface area contributed by atoms with Gasteiger partial charge in [-0.15, -0.1) is 0 Å². The van der Waals surface area contributed by atoms with Crippen LogP contribution in [0.4, 0.5) is 0 Å². The first-order chi connectivity index (χ1) is 5.40. The highest BCUT2D eigenvalue weighted by Crippen LogP contribution is 2.45. The van der Waals surface area contributed by atoms with Gasteiger partial charge in [0.2, 0.25) is 0 Å². The molecule has 0 spiro atoms. The summed E-state index contributed by atoms with van der Waals surface area (Å²) in [7, 11) is 0. The van der Waals surface area contributed by atoms with E-state index in [2.05, 4.69) is 33.4 Å². The van der Waals surface area contributed by atoms with Gasteiger partial charge < -0.3 is 5.11 Å². The zero-order valence-electron chi connectivity index (χ0n) is 8.30. The lowest BCUT2D eigenvalue weighted by atomic mass is 9.65. The molecule has 0 amide bonds. The number of aliphatic hydroxyl groups is 1. The summed E-state index contributed by atoms with van der Waals surface area (Å²) in [5.74, 6) is 0.796. The third-order valence-electron chi connectivity index (χ3n) is 3.28. The van der Waals surface area contributed by atoms with Crippen LogP contribution in [0.15, 0.2) is 0 Å². The topological polar surface area (TPSA) is 20.2 Å². The SMILES string of the molecule is CC1(C)CC[C@@](C)(CS)[C@H](O)C1. The van der Waals surface area contributed by atoms with Crippen molar-refractivity contribution in [3.63, 3.8) is 0 Å². The van der Waals surface area contributed by atoms with Crippen LogP contribution in [0.2, 0.25) is 0 Å². The fourth-order valence-corrected chi connectivity index (χ4v) is 2.22. The molecule has 0 aromatic rings. The zero-order chi connectivity index (χ0) is 9.41. The minimum atomic E-state index is -0.168. The molecule has 0 unspecified atom stereocenters. The van der Waals surface area contributed by atoms with Crippen LogP contribution >= 0.6 is 12.6 Å². The van der Waals surface area contributed by atoms with Crippen LogP contribution in [-0.2, 0) is 0 Å². The monoisotopic (exact) mass is 188 g/mol. The maximum Gasteiger partial charge on any atom is 0.0606 e. The predicted octanol–water partition coefficient (Wildman–Crippen LogP) is 2.49. The zero-order valence-corrected chi connectivity index (χ0v) is 9.19. The molecule has 1 fully saturated rings. The van der Waals surface area contributed by atoms with Crippen molar-refractivity contribution in [1.29, 1.82) is 0 Å². The standard InChI is InChI=1S/C10H20OS/c1-9(2)4-5-10(3,7-12)8(11)6-9/h8,11-12H,4-7H2,1-3H3/t8-,10+/m1/s1. The van der Waals surface area contributed by atoms with Gasteiger partial charge in [-0.05, 0) is 30.4 Å². The summed E-state index contributed by atoms with van der Waals surface area (Å²) >= 11 is 4.31. The van der Waals surface area contributed by atoms with Crippen LogP contribution in [0.5, 0.6) is 0 Å². The quantitative estimate of drug-likeness (QED) is 0.606. The van der Waals surface area contributed by atoms with E-state index in [0.29, 0.717) is 5.41 Å². The Morgan fingerprint density at radius 1 is 1.33 bits per heavy atom. The molecular formula is C10H20OS. The molecule has 0 saturated heterocycles. The molecule has 12 heavy (non-hydrogen) atoms. The fraction of sp³-hybridized carbons (Fsp3) is 1.00. The Labute approximate surface area is 81.0 Å². The molecule has 72 valence electrons. The van der Waals surface area contributed by atoms with Crippen LogP contribution in [-0.4, -0.2) is 17.0 Å². The van der Waals surface area contributed by atoms with Crippen molar-refractivity contribution in [2.24, 2.45) is 10.8 Å². The Balaban J connectivity index is 2.65. The largest absolute Gasteiger partial charge is 0.393 e. The van der Waals surface area contributed by atoms with E-state index in [1.54, 1.807) is 0 Å². The van der Waals surface area contributed by atoms with Crippen LogP contribution in [0.3, 0.4) is 0 Å². The Morgan fingerprint density at radius 2 is 1.92 bits per heavy atom. The molecule has 0 aromatic heterocycles. The predicted molar refractivity (Wildman–Crippen MR) is 55.6 cm³/mol. The molecule has 1 rings (SSSR count). The van der Waals surface area contributed by atoms with Gasteiger partial charge in [0.25, 0.3) is 0 Å². The summed E-state index contributed by atoms with van der Waals surface area (Å²) in [4.78, 5) is 0. The van der Waals surface area contributed by atoms with Crippen LogP contribution < -0.4 is 0 Å². The van der Waals surface area contributed by atoms with E-state index in [4.69, 9.17) is 0 Å². The molecule has 1 N–H and O–H groups in total. The Bertz CT molecular complexity index is 167. The highest BCUT2D eigenvalue weighted by molar-refractivity contribution is 7.80. The molecule has 1 aliphatic rings. The molecule has 0 aliphatic heterocycles. The molecule has 0 radical (unpaired) electrons. The van der Waals surface area contributed by atoms with Crippen LogP contribution in [0.25, 0.3) is 0 Å². The summed E-state index contributed by atoms with van der Waals surface area (Å²) in [6, 6.07) is 0. The summed E-state index contributed by atoms with van der Waals surface area (Å²) in [5.41, 5.74) is 0.376. The second-order valence-corrected chi connectivity index (χ2v) is 5.51. The third kappa shape index (κ3) is 1.97. The molecule has 0 bridgehead atoms. The van der Waals surface area contributed by atoms with E-state index in [-0.39, 0.29) is 11.5 Å². The number of thiol groups is 1. The smallest absolute Gasteiger partial charge is 0.0606 e. The molecule has 1 nitrogen and oxygen atoms in total. The lowest BCUT2D eigenvalue weighted by Crippen LogP contribution is -2.42. The van der Waals surface area contributed by atoms with Gasteiger partial charge in [-0.1, -0.05) is 20.8 Å². The van der Waals surface area contributed by atoms with Gasteiger partial charge in [0.05, 0.1) is 6.10 Å². The molecule has 0 aromatic carbocycles. The van der Waals surface area contributed by atoms with Crippen molar-refractivity contribution in [2.45, 2.75) is 46.1 Å². The summed E-state index contributed by atoms with van der Waals surface area (Å²) in [6.07, 6.45) is 3.06. The summed E-state index contributed by atoms with van der Waals surface area (Å²) < 4.78 is 0. The van der Waals surface area contributed by atoms with Gasteiger partial charge in [-0.2, -0.15) is 12.6 Å². The van der Waals surface area contributed by atoms with Crippen molar-refractivity contribution in [1.82, 2.24) is 0 Å². The van der Waals surface area contributed by atoms with E-state index < -0.39 is 0 Å². The van der Waals surface area contributed by atoms with Gasteiger partial charge in [0, 0.05) is 5.41 Å². The van der Waals surface area contributed by atoms with Crippen LogP contribution in [0, 0.1) is 10.8 Å². The Kier molecular flexibility index (Phi) is 2.79. The van der Waals surface area contributed by atoms with Gasteiger partial charge in [0.15, 0.2) is 0 Å². The number of hydrogen-bond acceptors (Lipinski definition) is 2. The Morgan fingerprint density at radius 3 is 2.33 bits per heavy atom. The molecular weight excluding hydrogens is 168 g/mol. The second-order valence-electron chi connectivity index (χ2n) is 5.20.